The molecule has 7 heteroatoms. The average Bonchev–Trinajstić information content (AvgIpc) is 3.08. The number of hydrogen-bond acceptors (Lipinski definition) is 5. The minimum absolute atomic E-state index is 0.114. The van der Waals surface area contributed by atoms with Gasteiger partial charge in [-0.25, -0.2) is 0 Å². The van der Waals surface area contributed by atoms with E-state index in [1.807, 2.05) is 37.3 Å². The second kappa shape index (κ2) is 6.44. The molecule has 1 amide bonds. The molecule has 1 aliphatic heterocycles. The molecule has 2 fully saturated rings. The molecule has 0 radical (unpaired) electrons. The zero-order valence-corrected chi connectivity index (χ0v) is 15.9. The first kappa shape index (κ1) is 18.2. The first-order valence-electron chi connectivity index (χ1n) is 8.92. The van der Waals surface area contributed by atoms with Crippen molar-refractivity contribution in [3.63, 3.8) is 0 Å². The molecule has 2 bridgehead atoms. The van der Waals surface area contributed by atoms with E-state index >= 15 is 0 Å². The third-order valence-corrected chi connectivity index (χ3v) is 6.76. The van der Waals surface area contributed by atoms with E-state index in [-0.39, 0.29) is 23.3 Å². The molecule has 0 aromatic heterocycles. The number of nitrogens with two attached hydrogens (primary N) is 1. The minimum atomic E-state index is -3.92. The van der Waals surface area contributed by atoms with Crippen LogP contribution in [0.5, 0.6) is 0 Å². The highest BCUT2D eigenvalue weighted by molar-refractivity contribution is 7.86. The number of nitrogens with zero attached hydrogens (tertiary/aromatic N) is 1. The van der Waals surface area contributed by atoms with Gasteiger partial charge in [0.05, 0.1) is 10.9 Å². The van der Waals surface area contributed by atoms with Gasteiger partial charge < -0.3 is 10.6 Å². The number of rotatable bonds is 5. The molecule has 27 heavy (non-hydrogen) atoms. The van der Waals surface area contributed by atoms with E-state index in [0.717, 1.165) is 11.1 Å². The van der Waals surface area contributed by atoms with Gasteiger partial charge in [-0.3, -0.25) is 8.98 Å². The van der Waals surface area contributed by atoms with E-state index in [9.17, 15) is 13.2 Å². The predicted octanol–water partition coefficient (Wildman–Crippen LogP) is 1.97. The minimum Gasteiger partial charge on any atom is -0.331 e. The molecule has 2 aromatic carbocycles. The fraction of sp³-hybridized carbons (Fsp3) is 0.350. The number of aryl methyl sites for hydroxylation is 1. The Morgan fingerprint density at radius 2 is 1.78 bits per heavy atom. The number of hydrogen-bond donors (Lipinski definition) is 1. The van der Waals surface area contributed by atoms with Crippen LogP contribution in [-0.4, -0.2) is 36.9 Å². The number of carbonyl (C=O) groups is 1. The van der Waals surface area contributed by atoms with Crippen LogP contribution in [0.15, 0.2) is 59.5 Å². The summed E-state index contributed by atoms with van der Waals surface area (Å²) in [5, 5.41) is 0. The lowest BCUT2D eigenvalue weighted by atomic mass is 9.98. The van der Waals surface area contributed by atoms with Crippen molar-refractivity contribution in [3.8, 4) is 0 Å². The number of piperidine rings is 1. The van der Waals surface area contributed by atoms with Crippen molar-refractivity contribution in [1.82, 2.24) is 4.90 Å². The molecule has 6 nitrogen and oxygen atoms in total. The van der Waals surface area contributed by atoms with E-state index < -0.39 is 21.8 Å². The van der Waals surface area contributed by atoms with Crippen LogP contribution in [0.1, 0.15) is 24.0 Å². The van der Waals surface area contributed by atoms with Crippen LogP contribution in [0.25, 0.3) is 0 Å². The highest BCUT2D eigenvalue weighted by Gasteiger charge is 2.60. The summed E-state index contributed by atoms with van der Waals surface area (Å²) in [6, 6.07) is 15.8. The van der Waals surface area contributed by atoms with Crippen LogP contribution in [0.2, 0.25) is 0 Å². The highest BCUT2D eigenvalue weighted by atomic mass is 32.2. The summed E-state index contributed by atoms with van der Waals surface area (Å²) >= 11 is 0. The van der Waals surface area contributed by atoms with Crippen LogP contribution in [0, 0.1) is 6.92 Å². The van der Waals surface area contributed by atoms with Crippen LogP contribution in [0.4, 0.5) is 0 Å². The fourth-order valence-electron chi connectivity index (χ4n) is 4.00. The summed E-state index contributed by atoms with van der Waals surface area (Å²) in [5.74, 6) is -0.135. The summed E-state index contributed by atoms with van der Waals surface area (Å²) in [5.41, 5.74) is 7.18. The first-order valence-corrected chi connectivity index (χ1v) is 10.3. The van der Waals surface area contributed by atoms with Crippen LogP contribution in [-0.2, 0) is 25.6 Å². The van der Waals surface area contributed by atoms with Crippen molar-refractivity contribution in [1.29, 1.82) is 0 Å². The van der Waals surface area contributed by atoms with E-state index in [1.165, 1.54) is 12.1 Å². The maximum absolute atomic E-state index is 12.7. The molecule has 3 atom stereocenters. The average molecular weight is 386 g/mol. The third kappa shape index (κ3) is 3.26. The Morgan fingerprint density at radius 3 is 2.41 bits per heavy atom. The zero-order chi connectivity index (χ0) is 19.2. The molecule has 1 saturated heterocycles. The van der Waals surface area contributed by atoms with Crippen molar-refractivity contribution in [2.75, 3.05) is 0 Å². The van der Waals surface area contributed by atoms with E-state index in [0.29, 0.717) is 13.0 Å². The standard InChI is InChI=1S/C20H22N2O4S/c1-14-7-9-16(10-8-14)27(24,25)26-18-12-20(21)11-17(18)22(19(20)23)13-15-5-3-2-4-6-15/h2-10,17-18H,11-13,21H2,1H3. The SMILES string of the molecule is Cc1ccc(S(=O)(=O)OC2CC3(N)CC2N(Cc2ccccc2)C3=O)cc1. The Bertz CT molecular complexity index is 959. The van der Waals surface area contributed by atoms with Crippen molar-refractivity contribution in [3.05, 3.63) is 65.7 Å². The number of likely N-dealkylation sites (tertiary alicyclic amines) is 1. The summed E-state index contributed by atoms with van der Waals surface area (Å²) in [4.78, 5) is 14.5. The summed E-state index contributed by atoms with van der Waals surface area (Å²) in [6.07, 6.45) is -0.0117. The Hall–Kier alpha value is -2.22. The summed E-state index contributed by atoms with van der Waals surface area (Å²) in [7, 11) is -3.92. The van der Waals surface area contributed by atoms with E-state index in [4.69, 9.17) is 9.92 Å². The van der Waals surface area contributed by atoms with Crippen LogP contribution < -0.4 is 5.73 Å². The van der Waals surface area contributed by atoms with Gasteiger partial charge in [-0.1, -0.05) is 48.0 Å². The third-order valence-electron chi connectivity index (χ3n) is 5.41. The summed E-state index contributed by atoms with van der Waals surface area (Å²) in [6.45, 7) is 2.28. The number of amides is 1. The van der Waals surface area contributed by atoms with Crippen molar-refractivity contribution in [2.24, 2.45) is 5.73 Å². The van der Waals surface area contributed by atoms with Crippen LogP contribution in [0.3, 0.4) is 0 Å². The Labute approximate surface area is 159 Å². The second-order valence-corrected chi connectivity index (χ2v) is 9.02. The molecular formula is C20H22N2O4S. The largest absolute Gasteiger partial charge is 0.331 e. The molecule has 0 spiro atoms. The van der Waals surface area contributed by atoms with E-state index in [1.54, 1.807) is 17.0 Å². The van der Waals surface area contributed by atoms with Gasteiger partial charge in [0.25, 0.3) is 10.1 Å². The highest BCUT2D eigenvalue weighted by Crippen LogP contribution is 2.43. The second-order valence-electron chi connectivity index (χ2n) is 7.45. The normalized spacial score (nSPS) is 27.3. The monoisotopic (exact) mass is 386 g/mol. The molecule has 2 N–H and O–H groups in total. The van der Waals surface area contributed by atoms with Gasteiger partial charge in [-0.05, 0) is 31.0 Å². The molecule has 2 aliphatic rings. The Kier molecular flexibility index (Phi) is 4.33. The fourth-order valence-corrected chi connectivity index (χ4v) is 5.10. The maximum atomic E-state index is 12.7. The zero-order valence-electron chi connectivity index (χ0n) is 15.0. The Balaban J connectivity index is 1.56. The molecule has 4 rings (SSSR count). The number of carbonyl (C=O) groups excluding carboxylic acids is 1. The summed E-state index contributed by atoms with van der Waals surface area (Å²) < 4.78 is 30.9. The number of benzene rings is 2. The smallest absolute Gasteiger partial charge is 0.297 e. The molecule has 2 aromatic rings. The van der Waals surface area contributed by atoms with Crippen molar-refractivity contribution >= 4 is 16.0 Å². The van der Waals surface area contributed by atoms with Gasteiger partial charge in [0.15, 0.2) is 0 Å². The van der Waals surface area contributed by atoms with Gasteiger partial charge >= 0.3 is 0 Å². The molecule has 3 unspecified atom stereocenters. The van der Waals surface area contributed by atoms with Gasteiger partial charge in [0.1, 0.15) is 11.6 Å². The molecule has 142 valence electrons. The quantitative estimate of drug-likeness (QED) is 0.794. The van der Waals surface area contributed by atoms with Gasteiger partial charge in [-0.15, -0.1) is 0 Å². The molecule has 1 heterocycles. The molecule has 1 saturated carbocycles. The van der Waals surface area contributed by atoms with E-state index in [2.05, 4.69) is 0 Å². The van der Waals surface area contributed by atoms with Gasteiger partial charge in [-0.2, -0.15) is 8.42 Å². The van der Waals surface area contributed by atoms with Crippen LogP contribution >= 0.6 is 0 Å². The lowest BCUT2D eigenvalue weighted by molar-refractivity contribution is -0.138. The first-order chi connectivity index (χ1) is 12.8. The molecule has 1 aliphatic carbocycles. The molecular weight excluding hydrogens is 364 g/mol. The topological polar surface area (TPSA) is 89.7 Å². The number of fused-ring (bicyclic) bond motifs is 2. The van der Waals surface area contributed by atoms with Gasteiger partial charge in [0.2, 0.25) is 5.91 Å². The predicted molar refractivity (Wildman–Crippen MR) is 100 cm³/mol. The lowest BCUT2D eigenvalue weighted by Crippen LogP contribution is -2.54. The van der Waals surface area contributed by atoms with Crippen molar-refractivity contribution < 1.29 is 17.4 Å². The van der Waals surface area contributed by atoms with Gasteiger partial charge in [0, 0.05) is 13.0 Å². The maximum Gasteiger partial charge on any atom is 0.297 e. The van der Waals surface area contributed by atoms with Crippen molar-refractivity contribution in [2.45, 2.75) is 48.9 Å². The Morgan fingerprint density at radius 1 is 1.11 bits per heavy atom. The lowest BCUT2D eigenvalue weighted by Gasteiger charge is -2.34.